The zero-order valence-electron chi connectivity index (χ0n) is 35.2. The molecule has 1 unspecified atom stereocenters. The Bertz CT molecular complexity index is 2970. The lowest BCUT2D eigenvalue weighted by atomic mass is 9.12. The van der Waals surface area contributed by atoms with Crippen LogP contribution >= 0.6 is 0 Å². The van der Waals surface area contributed by atoms with Crippen molar-refractivity contribution in [3.05, 3.63) is 212 Å². The Balaban J connectivity index is 0.000000268. The molecule has 0 aliphatic carbocycles. The molecule has 0 fully saturated rings. The molecule has 0 bridgehead atoms. The maximum Gasteiger partial charge on any atom is 0.200 e. The van der Waals surface area contributed by atoms with Crippen molar-refractivity contribution in [2.75, 3.05) is 19.0 Å². The normalized spacial score (nSPS) is 12.2. The van der Waals surface area contributed by atoms with E-state index in [9.17, 15) is 56.9 Å². The molecule has 0 N–H and O–H groups in total. The van der Waals surface area contributed by atoms with Crippen molar-refractivity contribution in [1.82, 2.24) is 0 Å². The highest BCUT2D eigenvalue weighted by Gasteiger charge is 2.52. The topological polar surface area (TPSA) is 20.3 Å². The summed E-state index contributed by atoms with van der Waals surface area (Å²) in [5.41, 5.74) is -11.3. The predicted octanol–water partition coefficient (Wildman–Crippen LogP) is 10.7. The number of rotatable bonds is 8. The third-order valence-corrected chi connectivity index (χ3v) is 13.0. The summed E-state index contributed by atoms with van der Waals surface area (Å²) in [5.74, 6) is -67.9. The molecule has 1 atom stereocenters. The van der Waals surface area contributed by atoms with Gasteiger partial charge in [0.05, 0.1) is 0 Å². The minimum atomic E-state index is -7.22. The van der Waals surface area contributed by atoms with Crippen LogP contribution < -0.4 is 26.8 Å². The standard InChI is InChI=1S/C24BF20.C23H22NOS/c26-5-1(6(27)14(35)21(42)13(5)34)25(2-7(28)15(36)22(43)16(37)8(2)29,3-9(30)17(38)23(44)18(39)10(3)31)4-11(32)19(40)24(45)20(41)12(4)33;1-24(2)22-15-13-21(14-16-22)19-26(25,23-11-7-4-8-12-23)18-17-20-9-5-3-6-10-20/h;3-16H,19H2,1-2H3/q-1;+1. The van der Waals surface area contributed by atoms with Gasteiger partial charge >= 0.3 is 0 Å². The Morgan fingerprint density at radius 2 is 0.648 bits per heavy atom. The number of benzene rings is 7. The molecular weight excluding hydrogens is 1020 g/mol. The van der Waals surface area contributed by atoms with Gasteiger partial charge in [-0.1, -0.05) is 52.7 Å². The highest BCUT2D eigenvalue weighted by atomic mass is 32.2. The van der Waals surface area contributed by atoms with Crippen LogP contribution in [0.25, 0.3) is 0 Å². The van der Waals surface area contributed by atoms with Gasteiger partial charge in [0.1, 0.15) is 52.7 Å². The molecule has 0 radical (unpaired) electrons. The number of hydrogen-bond donors (Lipinski definition) is 0. The molecule has 0 saturated carbocycles. The van der Waals surface area contributed by atoms with Gasteiger partial charge in [-0.05, 0) is 42.3 Å². The molecule has 7 aromatic carbocycles. The van der Waals surface area contributed by atoms with E-state index in [2.05, 4.69) is 11.2 Å². The lowest BCUT2D eigenvalue weighted by Crippen LogP contribution is -2.81. The van der Waals surface area contributed by atoms with Crippen molar-refractivity contribution < 1.29 is 92.0 Å². The fourth-order valence-corrected chi connectivity index (χ4v) is 9.38. The first-order valence-electron chi connectivity index (χ1n) is 19.4. The van der Waals surface area contributed by atoms with Crippen LogP contribution in [0.2, 0.25) is 0 Å². The van der Waals surface area contributed by atoms with E-state index in [0.29, 0.717) is 5.75 Å². The average molecular weight is 1040 g/mol. The SMILES string of the molecule is CN(C)c1ccc(C[S+](=O)(C#Cc2ccccc2)c2ccccc2)cc1.Fc1c(F)c(F)c([B-](c2c(F)c(F)c(F)c(F)c2F)(c2c(F)c(F)c(F)c(F)c2F)c2c(F)c(F)c(F)c(F)c2F)c(F)c1F. The van der Waals surface area contributed by atoms with E-state index in [4.69, 9.17) is 0 Å². The third kappa shape index (κ3) is 9.06. The Morgan fingerprint density at radius 3 is 0.930 bits per heavy atom. The smallest absolute Gasteiger partial charge is 0.200 e. The molecule has 370 valence electrons. The maximum absolute atomic E-state index is 15.4. The van der Waals surface area contributed by atoms with Crippen LogP contribution in [0.1, 0.15) is 11.1 Å². The van der Waals surface area contributed by atoms with Crippen molar-refractivity contribution in [1.29, 1.82) is 0 Å². The van der Waals surface area contributed by atoms with Gasteiger partial charge in [0.15, 0.2) is 95.6 Å². The number of anilines is 1. The average Bonchev–Trinajstić information content (AvgIpc) is 3.36. The Hall–Kier alpha value is -7.29. The van der Waals surface area contributed by atoms with E-state index in [1.165, 1.54) is 0 Å². The summed E-state index contributed by atoms with van der Waals surface area (Å²) in [7, 11) is 1.49. The van der Waals surface area contributed by atoms with Crippen LogP contribution in [-0.2, 0) is 19.9 Å². The third-order valence-electron chi connectivity index (χ3n) is 10.8. The highest BCUT2D eigenvalue weighted by molar-refractivity contribution is 8.06. The number of hydrogen-bond acceptors (Lipinski definition) is 2. The number of nitrogens with zero attached hydrogens (tertiary/aromatic N) is 1. The minimum absolute atomic E-state index is 0.407. The van der Waals surface area contributed by atoms with E-state index in [1.807, 2.05) is 104 Å². The van der Waals surface area contributed by atoms with Gasteiger partial charge in [-0.25, -0.2) is 87.8 Å². The number of halogens is 20. The largest absolute Gasteiger partial charge is 0.378 e. The molecule has 0 spiro atoms. The maximum atomic E-state index is 15.4. The molecule has 0 heterocycles. The summed E-state index contributed by atoms with van der Waals surface area (Å²) in [4.78, 5) is 2.83. The molecule has 0 aliphatic rings. The van der Waals surface area contributed by atoms with Crippen LogP contribution in [-0.4, -0.2) is 20.2 Å². The Morgan fingerprint density at radius 1 is 0.380 bits per heavy atom. The van der Waals surface area contributed by atoms with Crippen molar-refractivity contribution in [2.24, 2.45) is 0 Å². The summed E-state index contributed by atoms with van der Waals surface area (Å²) < 4.78 is 308. The van der Waals surface area contributed by atoms with E-state index in [0.717, 1.165) is 21.7 Å². The molecular formula is C47H22BF20NOS. The van der Waals surface area contributed by atoms with Gasteiger partial charge in [-0.15, -0.1) is 21.9 Å². The lowest BCUT2D eigenvalue weighted by molar-refractivity contribution is 0.378. The van der Waals surface area contributed by atoms with Crippen molar-refractivity contribution in [3.8, 4) is 11.2 Å². The molecule has 0 aliphatic heterocycles. The van der Waals surface area contributed by atoms with Gasteiger partial charge in [0, 0.05) is 30.9 Å². The van der Waals surface area contributed by atoms with Gasteiger partial charge in [0.25, 0.3) is 0 Å². The van der Waals surface area contributed by atoms with E-state index < -0.39 is 154 Å². The Labute approximate surface area is 388 Å². The molecule has 0 saturated heterocycles. The molecule has 7 aromatic rings. The molecule has 71 heavy (non-hydrogen) atoms. The second-order valence-electron chi connectivity index (χ2n) is 15.1. The van der Waals surface area contributed by atoms with Crippen molar-refractivity contribution >= 4 is 43.6 Å². The minimum Gasteiger partial charge on any atom is -0.378 e. The van der Waals surface area contributed by atoms with Crippen LogP contribution in [0.3, 0.4) is 0 Å². The zero-order valence-corrected chi connectivity index (χ0v) is 36.0. The molecule has 2 nitrogen and oxygen atoms in total. The summed E-state index contributed by atoms with van der Waals surface area (Å²) in [5, 5.41) is 3.08. The fourth-order valence-electron chi connectivity index (χ4n) is 7.48. The summed E-state index contributed by atoms with van der Waals surface area (Å²) in [6.07, 6.45) is -7.22. The van der Waals surface area contributed by atoms with E-state index >= 15 is 35.1 Å². The first-order chi connectivity index (χ1) is 33.3. The predicted molar refractivity (Wildman–Crippen MR) is 220 cm³/mol. The van der Waals surface area contributed by atoms with E-state index in [-0.39, 0.29) is 0 Å². The lowest BCUT2D eigenvalue weighted by Gasteiger charge is -2.44. The molecule has 7 rings (SSSR count). The van der Waals surface area contributed by atoms with Crippen LogP contribution in [0.4, 0.5) is 93.5 Å². The first kappa shape index (κ1) is 53.1. The highest BCUT2D eigenvalue weighted by Crippen LogP contribution is 2.31. The fraction of sp³-hybridized carbons (Fsp3) is 0.0638. The van der Waals surface area contributed by atoms with Crippen molar-refractivity contribution in [2.45, 2.75) is 10.6 Å². The van der Waals surface area contributed by atoms with E-state index in [1.54, 1.807) is 0 Å². The second kappa shape index (κ2) is 20.2. The second-order valence-corrected chi connectivity index (χ2v) is 17.4. The molecule has 0 aromatic heterocycles. The van der Waals surface area contributed by atoms with Crippen LogP contribution in [0, 0.1) is 128 Å². The zero-order chi connectivity index (χ0) is 52.8. The van der Waals surface area contributed by atoms with Gasteiger partial charge in [0.2, 0.25) is 0 Å². The summed E-state index contributed by atoms with van der Waals surface area (Å²) >= 11 is 0. The molecule has 0 amide bonds. The summed E-state index contributed by atoms with van der Waals surface area (Å²) in [6, 6.07) is 27.4. The monoisotopic (exact) mass is 1040 g/mol. The van der Waals surface area contributed by atoms with Crippen LogP contribution in [0.5, 0.6) is 0 Å². The van der Waals surface area contributed by atoms with Gasteiger partial charge in [-0.3, -0.25) is 0 Å². The van der Waals surface area contributed by atoms with Crippen LogP contribution in [0.15, 0.2) is 89.8 Å². The summed E-state index contributed by atoms with van der Waals surface area (Å²) in [6.45, 7) is 0. The van der Waals surface area contributed by atoms with Gasteiger partial charge in [-0.2, -0.15) is 0 Å². The van der Waals surface area contributed by atoms with Gasteiger partial charge < -0.3 is 4.90 Å². The first-order valence-corrected chi connectivity index (χ1v) is 21.1. The quantitative estimate of drug-likeness (QED) is 0.0378. The molecule has 24 heteroatoms. The van der Waals surface area contributed by atoms with Crippen molar-refractivity contribution in [3.63, 3.8) is 0 Å². The Kier molecular flexibility index (Phi) is 15.1.